The Bertz CT molecular complexity index is 552. The highest BCUT2D eigenvalue weighted by atomic mass is 16.6. The second kappa shape index (κ2) is 7.03. The maximum absolute atomic E-state index is 11.6. The zero-order valence-electron chi connectivity index (χ0n) is 10.8. The van der Waals surface area contributed by atoms with Gasteiger partial charge < -0.3 is 9.47 Å². The van der Waals surface area contributed by atoms with Gasteiger partial charge in [0, 0.05) is 17.7 Å². The van der Waals surface area contributed by atoms with E-state index >= 15 is 0 Å². The van der Waals surface area contributed by atoms with Crippen LogP contribution in [0.5, 0.6) is 0 Å². The lowest BCUT2D eigenvalue weighted by molar-refractivity contribution is -0.384. The van der Waals surface area contributed by atoms with Crippen molar-refractivity contribution in [2.75, 3.05) is 13.2 Å². The summed E-state index contributed by atoms with van der Waals surface area (Å²) in [6, 6.07) is 5.17. The minimum Gasteiger partial charge on any atom is -0.459 e. The van der Waals surface area contributed by atoms with Crippen LogP contribution in [0.4, 0.5) is 5.69 Å². The Morgan fingerprint density at radius 2 is 1.95 bits per heavy atom. The van der Waals surface area contributed by atoms with E-state index in [4.69, 9.17) is 9.47 Å². The highest BCUT2D eigenvalue weighted by Crippen LogP contribution is 2.13. The summed E-state index contributed by atoms with van der Waals surface area (Å²) in [6.45, 7) is 4.65. The molecule has 0 aliphatic rings. The van der Waals surface area contributed by atoms with E-state index in [1.54, 1.807) is 0 Å². The lowest BCUT2D eigenvalue weighted by Crippen LogP contribution is -2.14. The molecule has 1 aromatic carbocycles. The van der Waals surface area contributed by atoms with Crippen LogP contribution in [0, 0.1) is 10.1 Å². The molecule has 0 unspecified atom stereocenters. The van der Waals surface area contributed by atoms with Crippen LogP contribution in [-0.4, -0.2) is 30.1 Å². The summed E-state index contributed by atoms with van der Waals surface area (Å²) >= 11 is 0. The van der Waals surface area contributed by atoms with Gasteiger partial charge in [0.2, 0.25) is 0 Å². The highest BCUT2D eigenvalue weighted by Gasteiger charge is 2.12. The van der Waals surface area contributed by atoms with Crippen molar-refractivity contribution >= 4 is 17.6 Å². The molecule has 20 heavy (non-hydrogen) atoms. The van der Waals surface area contributed by atoms with E-state index < -0.39 is 16.9 Å². The number of carbonyl (C=O) groups is 2. The van der Waals surface area contributed by atoms with Gasteiger partial charge in [-0.3, -0.25) is 10.1 Å². The maximum atomic E-state index is 11.6. The van der Waals surface area contributed by atoms with E-state index in [0.717, 1.165) is 6.07 Å². The average Bonchev–Trinajstić information content (AvgIpc) is 2.43. The number of carbonyl (C=O) groups excluding carboxylic acids is 2. The van der Waals surface area contributed by atoms with Gasteiger partial charge in [-0.2, -0.15) is 0 Å². The molecule has 0 radical (unpaired) electrons. The van der Waals surface area contributed by atoms with Crippen molar-refractivity contribution in [2.45, 2.75) is 6.92 Å². The molecule has 0 N–H and O–H groups in total. The van der Waals surface area contributed by atoms with Crippen LogP contribution in [0.25, 0.3) is 0 Å². The Morgan fingerprint density at radius 1 is 1.30 bits per heavy atom. The first-order valence-corrected chi connectivity index (χ1v) is 5.66. The van der Waals surface area contributed by atoms with Gasteiger partial charge in [-0.05, 0) is 13.0 Å². The van der Waals surface area contributed by atoms with Crippen molar-refractivity contribution < 1.29 is 24.0 Å². The Balaban J connectivity index is 2.47. The fourth-order valence-electron chi connectivity index (χ4n) is 1.22. The summed E-state index contributed by atoms with van der Waals surface area (Å²) in [4.78, 5) is 32.6. The standard InChI is InChI=1S/C13H13NO6/c1-9(2)12(15)19-6-7-20-13(16)10-4-3-5-11(8-10)14(17)18/h3-5,8H,1,6-7H2,2H3. The number of non-ortho nitro benzene ring substituents is 1. The first kappa shape index (κ1) is 15.4. The molecule has 1 rings (SSSR count). The molecular formula is C13H13NO6. The number of hydrogen-bond acceptors (Lipinski definition) is 6. The van der Waals surface area contributed by atoms with E-state index in [9.17, 15) is 19.7 Å². The van der Waals surface area contributed by atoms with Crippen molar-refractivity contribution in [3.63, 3.8) is 0 Å². The van der Waals surface area contributed by atoms with Gasteiger partial charge in [-0.25, -0.2) is 9.59 Å². The first-order chi connectivity index (χ1) is 9.41. The molecule has 0 aliphatic carbocycles. The fraction of sp³-hybridized carbons (Fsp3) is 0.231. The lowest BCUT2D eigenvalue weighted by Gasteiger charge is -2.06. The van der Waals surface area contributed by atoms with E-state index in [2.05, 4.69) is 6.58 Å². The van der Waals surface area contributed by atoms with Gasteiger partial charge in [0.25, 0.3) is 5.69 Å². The summed E-state index contributed by atoms with van der Waals surface area (Å²) in [5, 5.41) is 10.6. The third-order valence-corrected chi connectivity index (χ3v) is 2.19. The summed E-state index contributed by atoms with van der Waals surface area (Å²) in [5.41, 5.74) is 0.105. The zero-order valence-corrected chi connectivity index (χ0v) is 10.8. The monoisotopic (exact) mass is 279 g/mol. The number of hydrogen-bond donors (Lipinski definition) is 0. The fourth-order valence-corrected chi connectivity index (χ4v) is 1.22. The highest BCUT2D eigenvalue weighted by molar-refractivity contribution is 5.90. The van der Waals surface area contributed by atoms with Crippen LogP contribution < -0.4 is 0 Å². The van der Waals surface area contributed by atoms with Crippen LogP contribution in [0.15, 0.2) is 36.4 Å². The average molecular weight is 279 g/mol. The van der Waals surface area contributed by atoms with E-state index in [1.807, 2.05) is 0 Å². The molecular weight excluding hydrogens is 266 g/mol. The summed E-state index contributed by atoms with van der Waals surface area (Å²) < 4.78 is 9.55. The lowest BCUT2D eigenvalue weighted by atomic mass is 10.2. The molecule has 0 bridgehead atoms. The molecule has 0 atom stereocenters. The normalized spacial score (nSPS) is 9.65. The minimum atomic E-state index is -0.722. The van der Waals surface area contributed by atoms with Crippen molar-refractivity contribution in [1.29, 1.82) is 0 Å². The van der Waals surface area contributed by atoms with Gasteiger partial charge in [-0.15, -0.1) is 0 Å². The second-order valence-electron chi connectivity index (χ2n) is 3.86. The largest absolute Gasteiger partial charge is 0.459 e. The van der Waals surface area contributed by atoms with Gasteiger partial charge in [0.05, 0.1) is 10.5 Å². The maximum Gasteiger partial charge on any atom is 0.338 e. The molecule has 1 aromatic rings. The minimum absolute atomic E-state index is 0.0606. The van der Waals surface area contributed by atoms with Gasteiger partial charge in [0.1, 0.15) is 13.2 Å². The van der Waals surface area contributed by atoms with Crippen LogP contribution >= 0.6 is 0 Å². The molecule has 0 aliphatic heterocycles. The molecule has 0 saturated heterocycles. The third-order valence-electron chi connectivity index (χ3n) is 2.19. The number of esters is 2. The molecule has 106 valence electrons. The van der Waals surface area contributed by atoms with Crippen molar-refractivity contribution in [3.8, 4) is 0 Å². The molecule has 0 spiro atoms. The van der Waals surface area contributed by atoms with Gasteiger partial charge in [-0.1, -0.05) is 12.6 Å². The second-order valence-corrected chi connectivity index (χ2v) is 3.86. The van der Waals surface area contributed by atoms with Crippen molar-refractivity contribution in [3.05, 3.63) is 52.1 Å². The van der Waals surface area contributed by atoms with Crippen LogP contribution in [-0.2, 0) is 14.3 Å². The van der Waals surface area contributed by atoms with Crippen molar-refractivity contribution in [2.24, 2.45) is 0 Å². The topological polar surface area (TPSA) is 95.7 Å². The molecule has 0 saturated carbocycles. The SMILES string of the molecule is C=C(C)C(=O)OCCOC(=O)c1cccc([N+](=O)[O-])c1. The number of nitro groups is 1. The molecule has 7 nitrogen and oxygen atoms in total. The van der Waals surface area contributed by atoms with Gasteiger partial charge in [0.15, 0.2) is 0 Å². The third kappa shape index (κ3) is 4.52. The molecule has 0 fully saturated rings. The van der Waals surface area contributed by atoms with E-state index in [1.165, 1.54) is 25.1 Å². The Hall–Kier alpha value is -2.70. The molecule has 0 amide bonds. The number of rotatable bonds is 6. The predicted octanol–water partition coefficient (Wildman–Crippen LogP) is 1.87. The Labute approximate surface area is 114 Å². The van der Waals surface area contributed by atoms with Crippen molar-refractivity contribution in [1.82, 2.24) is 0 Å². The van der Waals surface area contributed by atoms with Crippen LogP contribution in [0.3, 0.4) is 0 Å². The number of nitro benzene ring substituents is 1. The smallest absolute Gasteiger partial charge is 0.338 e. The first-order valence-electron chi connectivity index (χ1n) is 5.66. The quantitative estimate of drug-likeness (QED) is 0.259. The van der Waals surface area contributed by atoms with Gasteiger partial charge >= 0.3 is 11.9 Å². The van der Waals surface area contributed by atoms with E-state index in [-0.39, 0.29) is 30.0 Å². The molecule has 0 heterocycles. The number of nitrogens with zero attached hydrogens (tertiary/aromatic N) is 1. The zero-order chi connectivity index (χ0) is 15.1. The van der Waals surface area contributed by atoms with Crippen LogP contribution in [0.1, 0.15) is 17.3 Å². The Kier molecular flexibility index (Phi) is 5.40. The predicted molar refractivity (Wildman–Crippen MR) is 69.2 cm³/mol. The summed E-state index contributed by atoms with van der Waals surface area (Å²) in [6.07, 6.45) is 0. The summed E-state index contributed by atoms with van der Waals surface area (Å²) in [5.74, 6) is -1.29. The molecule has 0 aromatic heterocycles. The Morgan fingerprint density at radius 3 is 2.55 bits per heavy atom. The summed E-state index contributed by atoms with van der Waals surface area (Å²) in [7, 11) is 0. The number of benzene rings is 1. The number of ether oxygens (including phenoxy) is 2. The van der Waals surface area contributed by atoms with E-state index in [0.29, 0.717) is 0 Å². The van der Waals surface area contributed by atoms with Crippen LogP contribution in [0.2, 0.25) is 0 Å². The molecule has 7 heteroatoms.